The molecular weight excluding hydrogens is 265 g/mol. The van der Waals surface area contributed by atoms with Gasteiger partial charge in [0.2, 0.25) is 0 Å². The highest BCUT2D eigenvalue weighted by Gasteiger charge is 2.44. The second-order valence-electron chi connectivity index (χ2n) is 5.55. The van der Waals surface area contributed by atoms with Crippen LogP contribution in [0.5, 0.6) is 0 Å². The lowest BCUT2D eigenvalue weighted by molar-refractivity contribution is -0.187. The first kappa shape index (κ1) is 15.3. The fraction of sp³-hybridized carbons (Fsp3) is 0.600. The molecule has 0 unspecified atom stereocenters. The maximum atomic E-state index is 13.5. The van der Waals surface area contributed by atoms with Gasteiger partial charge in [-0.15, -0.1) is 0 Å². The van der Waals surface area contributed by atoms with Crippen molar-refractivity contribution in [2.75, 3.05) is 26.2 Å². The Labute approximate surface area is 118 Å². The molecule has 1 aromatic rings. The number of hydrogen-bond donors (Lipinski definition) is 1. The monoisotopic (exact) mass is 286 g/mol. The fourth-order valence-electron chi connectivity index (χ4n) is 2.64. The Hall–Kier alpha value is -1.07. The molecule has 1 aliphatic heterocycles. The number of benzene rings is 1. The van der Waals surface area contributed by atoms with Gasteiger partial charge in [0.05, 0.1) is 0 Å². The van der Waals surface area contributed by atoms with Crippen LogP contribution in [0.3, 0.4) is 0 Å². The van der Waals surface area contributed by atoms with Gasteiger partial charge >= 0.3 is 6.18 Å². The second-order valence-corrected chi connectivity index (χ2v) is 5.55. The summed E-state index contributed by atoms with van der Waals surface area (Å²) in [7, 11) is 0. The van der Waals surface area contributed by atoms with Crippen molar-refractivity contribution in [2.45, 2.75) is 32.0 Å². The van der Waals surface area contributed by atoms with Crippen LogP contribution in [0.4, 0.5) is 13.2 Å². The third-order valence-electron chi connectivity index (χ3n) is 3.72. The maximum Gasteiger partial charge on any atom is 0.408 e. The lowest BCUT2D eigenvalue weighted by Gasteiger charge is -2.36. The molecule has 0 bridgehead atoms. The lowest BCUT2D eigenvalue weighted by Crippen LogP contribution is -2.49. The summed E-state index contributed by atoms with van der Waals surface area (Å²) in [6.07, 6.45) is -4.24. The SMILES string of the molecule is CC(C)c1cccc([C@@H](N2CCNCC2)C(F)(F)F)c1. The molecule has 0 spiro atoms. The third-order valence-corrected chi connectivity index (χ3v) is 3.72. The Bertz CT molecular complexity index is 437. The van der Waals surface area contributed by atoms with Crippen LogP contribution in [0, 0.1) is 0 Å². The smallest absolute Gasteiger partial charge is 0.314 e. The van der Waals surface area contributed by atoms with Crippen LogP contribution in [0.1, 0.15) is 36.9 Å². The minimum atomic E-state index is -4.24. The van der Waals surface area contributed by atoms with Gasteiger partial charge < -0.3 is 5.32 Å². The highest BCUT2D eigenvalue weighted by molar-refractivity contribution is 5.29. The van der Waals surface area contributed by atoms with Gasteiger partial charge in [-0.3, -0.25) is 4.90 Å². The summed E-state index contributed by atoms with van der Waals surface area (Å²) in [6, 6.07) is 5.41. The minimum Gasteiger partial charge on any atom is -0.314 e. The summed E-state index contributed by atoms with van der Waals surface area (Å²) < 4.78 is 40.4. The highest BCUT2D eigenvalue weighted by atomic mass is 19.4. The van der Waals surface area contributed by atoms with E-state index in [1.807, 2.05) is 19.9 Å². The zero-order valence-electron chi connectivity index (χ0n) is 11.9. The average Bonchev–Trinajstić information content (AvgIpc) is 2.39. The quantitative estimate of drug-likeness (QED) is 0.917. The second kappa shape index (κ2) is 6.14. The van der Waals surface area contributed by atoms with E-state index in [9.17, 15) is 13.2 Å². The average molecular weight is 286 g/mol. The normalized spacial score (nSPS) is 19.3. The van der Waals surface area contributed by atoms with Crippen LogP contribution < -0.4 is 5.32 Å². The minimum absolute atomic E-state index is 0.229. The van der Waals surface area contributed by atoms with E-state index in [1.54, 1.807) is 18.2 Å². The van der Waals surface area contributed by atoms with Crippen LogP contribution in [0.25, 0.3) is 0 Å². The van der Waals surface area contributed by atoms with E-state index in [0.29, 0.717) is 31.7 Å². The summed E-state index contributed by atoms with van der Waals surface area (Å²) in [4.78, 5) is 1.52. The molecule has 0 aromatic heterocycles. The first-order valence-electron chi connectivity index (χ1n) is 7.01. The van der Waals surface area contributed by atoms with Gasteiger partial charge in [0.15, 0.2) is 0 Å². The van der Waals surface area contributed by atoms with Crippen molar-refractivity contribution in [1.82, 2.24) is 10.2 Å². The van der Waals surface area contributed by atoms with Crippen LogP contribution in [-0.4, -0.2) is 37.3 Å². The van der Waals surface area contributed by atoms with E-state index < -0.39 is 12.2 Å². The van der Waals surface area contributed by atoms with Gasteiger partial charge in [-0.05, 0) is 17.0 Å². The Morgan fingerprint density at radius 3 is 2.25 bits per heavy atom. The van der Waals surface area contributed by atoms with Crippen molar-refractivity contribution < 1.29 is 13.2 Å². The van der Waals surface area contributed by atoms with E-state index in [1.165, 1.54) is 4.90 Å². The van der Waals surface area contributed by atoms with Crippen molar-refractivity contribution in [3.8, 4) is 0 Å². The molecule has 0 amide bonds. The Balaban J connectivity index is 2.33. The molecule has 2 nitrogen and oxygen atoms in total. The maximum absolute atomic E-state index is 13.5. The van der Waals surface area contributed by atoms with Crippen molar-refractivity contribution in [3.05, 3.63) is 35.4 Å². The Morgan fingerprint density at radius 1 is 1.10 bits per heavy atom. The number of alkyl halides is 3. The van der Waals surface area contributed by atoms with Gasteiger partial charge in [0.25, 0.3) is 0 Å². The van der Waals surface area contributed by atoms with Crippen molar-refractivity contribution in [3.63, 3.8) is 0 Å². The molecule has 1 aliphatic rings. The zero-order valence-corrected chi connectivity index (χ0v) is 11.9. The van der Waals surface area contributed by atoms with E-state index in [2.05, 4.69) is 5.32 Å². The molecule has 0 radical (unpaired) electrons. The number of halogens is 3. The molecule has 20 heavy (non-hydrogen) atoms. The molecule has 2 rings (SSSR count). The number of rotatable bonds is 3. The fourth-order valence-corrected chi connectivity index (χ4v) is 2.64. The predicted molar refractivity (Wildman–Crippen MR) is 73.8 cm³/mol. The summed E-state index contributed by atoms with van der Waals surface area (Å²) in [5.74, 6) is 0.229. The molecule has 1 atom stereocenters. The van der Waals surface area contributed by atoms with Crippen molar-refractivity contribution in [2.24, 2.45) is 0 Å². The Morgan fingerprint density at radius 2 is 1.70 bits per heavy atom. The van der Waals surface area contributed by atoms with Crippen molar-refractivity contribution in [1.29, 1.82) is 0 Å². The van der Waals surface area contributed by atoms with Crippen molar-refractivity contribution >= 4 is 0 Å². The number of nitrogens with one attached hydrogen (secondary N) is 1. The molecule has 1 saturated heterocycles. The predicted octanol–water partition coefficient (Wildman–Crippen LogP) is 3.32. The molecule has 1 aromatic carbocycles. The van der Waals surface area contributed by atoms with Crippen LogP contribution in [0.2, 0.25) is 0 Å². The van der Waals surface area contributed by atoms with E-state index in [0.717, 1.165) is 5.56 Å². The molecular formula is C15H21F3N2. The largest absolute Gasteiger partial charge is 0.408 e. The first-order chi connectivity index (χ1) is 9.39. The van der Waals surface area contributed by atoms with Gasteiger partial charge in [0, 0.05) is 26.2 Å². The number of hydrogen-bond acceptors (Lipinski definition) is 2. The molecule has 1 fully saturated rings. The molecule has 1 N–H and O–H groups in total. The summed E-state index contributed by atoms with van der Waals surface area (Å²) in [5.41, 5.74) is 1.30. The van der Waals surface area contributed by atoms with Gasteiger partial charge in [-0.25, -0.2) is 0 Å². The Kier molecular flexibility index (Phi) is 4.70. The van der Waals surface area contributed by atoms with E-state index >= 15 is 0 Å². The topological polar surface area (TPSA) is 15.3 Å². The molecule has 0 aliphatic carbocycles. The summed E-state index contributed by atoms with van der Waals surface area (Å²) >= 11 is 0. The van der Waals surface area contributed by atoms with E-state index in [-0.39, 0.29) is 5.92 Å². The van der Waals surface area contributed by atoms with Gasteiger partial charge in [-0.1, -0.05) is 38.1 Å². The summed E-state index contributed by atoms with van der Waals surface area (Å²) in [6.45, 7) is 6.05. The molecule has 1 heterocycles. The van der Waals surface area contributed by atoms with Gasteiger partial charge in [-0.2, -0.15) is 13.2 Å². The molecule has 5 heteroatoms. The first-order valence-corrected chi connectivity index (χ1v) is 7.01. The van der Waals surface area contributed by atoms with E-state index in [4.69, 9.17) is 0 Å². The standard InChI is InChI=1S/C15H21F3N2/c1-11(2)12-4-3-5-13(10-12)14(15(16,17)18)20-8-6-19-7-9-20/h3-5,10-11,14,19H,6-9H2,1-2H3/t14-/m1/s1. The van der Waals surface area contributed by atoms with Crippen LogP contribution in [-0.2, 0) is 0 Å². The number of nitrogens with zero attached hydrogens (tertiary/aromatic N) is 1. The van der Waals surface area contributed by atoms with Crippen LogP contribution in [0.15, 0.2) is 24.3 Å². The third kappa shape index (κ3) is 3.52. The van der Waals surface area contributed by atoms with Crippen LogP contribution >= 0.6 is 0 Å². The highest BCUT2D eigenvalue weighted by Crippen LogP contribution is 2.38. The zero-order chi connectivity index (χ0) is 14.8. The summed E-state index contributed by atoms with van der Waals surface area (Å²) in [5, 5.41) is 3.09. The lowest BCUT2D eigenvalue weighted by atomic mass is 9.96. The van der Waals surface area contributed by atoms with Gasteiger partial charge in [0.1, 0.15) is 6.04 Å². The number of piperazine rings is 1. The molecule has 112 valence electrons. The molecule has 0 saturated carbocycles.